The van der Waals surface area contributed by atoms with E-state index in [2.05, 4.69) is 87.1 Å². The van der Waals surface area contributed by atoms with Crippen molar-refractivity contribution < 1.29 is 85.2 Å². The summed E-state index contributed by atoms with van der Waals surface area (Å²) in [5.74, 6) is -1.99. The molecule has 0 aromatic carbocycles. The van der Waals surface area contributed by atoms with Gasteiger partial charge in [-0.05, 0) is 116 Å². The SMILES string of the molecule is CCCCCC/C=C\CCCC(=O)O[C@H](CCCCCCC)CC(=O)NC(COCCC(O)CCCCCCC)COP(C)(=O)OCCNC(=O)CCCCC(=O)NCCOP(C)(=O)OCC(COCCC(O)CCCCCCC)NC(=O)C[C@@H](CCCCCCC)OC(=O)CCC/C=C\CCCCCC. The van der Waals surface area contributed by atoms with Crippen LogP contribution in [0.25, 0.3) is 0 Å². The molecule has 0 aliphatic heterocycles. The van der Waals surface area contributed by atoms with Crippen LogP contribution in [0.3, 0.4) is 0 Å². The zero-order valence-corrected chi connectivity index (χ0v) is 69.9. The predicted molar refractivity (Wildman–Crippen MR) is 428 cm³/mol. The average molecular weight is 1550 g/mol. The summed E-state index contributed by atoms with van der Waals surface area (Å²) < 4.78 is 73.7. The third-order valence-electron chi connectivity index (χ3n) is 18.4. The highest BCUT2D eigenvalue weighted by Crippen LogP contribution is 2.44. The lowest BCUT2D eigenvalue weighted by atomic mass is 10.1. The maximum atomic E-state index is 13.7. The molecule has 622 valence electrons. The summed E-state index contributed by atoms with van der Waals surface area (Å²) >= 11 is 0. The molecule has 0 aliphatic rings. The van der Waals surface area contributed by atoms with E-state index in [9.17, 15) is 48.1 Å². The number of carbonyl (C=O) groups is 6. The minimum absolute atomic E-state index is 0.00504. The molecule has 0 aromatic heterocycles. The van der Waals surface area contributed by atoms with Crippen molar-refractivity contribution in [3.8, 4) is 0 Å². The van der Waals surface area contributed by atoms with E-state index >= 15 is 0 Å². The van der Waals surface area contributed by atoms with Gasteiger partial charge in [0, 0.05) is 65.3 Å². The number of aliphatic hydroxyl groups is 2. The number of ether oxygens (including phenoxy) is 4. The van der Waals surface area contributed by atoms with E-state index in [0.29, 0.717) is 64.2 Å². The van der Waals surface area contributed by atoms with Crippen LogP contribution in [-0.4, -0.2) is 162 Å². The first kappa shape index (κ1) is 102. The quantitative estimate of drug-likeness (QED) is 0.0143. The largest absolute Gasteiger partial charge is 0.462 e. The molecule has 0 aromatic rings. The van der Waals surface area contributed by atoms with Gasteiger partial charge in [-0.15, -0.1) is 0 Å². The molecule has 0 heterocycles. The molecule has 0 fully saturated rings. The normalized spacial score (nSPS) is 14.6. The third kappa shape index (κ3) is 69.6. The second-order valence-corrected chi connectivity index (χ2v) is 33.3. The van der Waals surface area contributed by atoms with E-state index in [1.807, 2.05) is 0 Å². The maximum absolute atomic E-state index is 13.7. The highest BCUT2D eigenvalue weighted by Gasteiger charge is 2.27. The van der Waals surface area contributed by atoms with Gasteiger partial charge in [-0.3, -0.25) is 37.9 Å². The number of hydrogen-bond donors (Lipinski definition) is 6. The second-order valence-electron chi connectivity index (χ2n) is 29.1. The number of carbonyl (C=O) groups excluding carboxylic acids is 6. The molecule has 0 radical (unpaired) electrons. The molecule has 6 unspecified atom stereocenters. The number of aliphatic hydroxyl groups excluding tert-OH is 2. The molecule has 6 N–H and O–H groups in total. The molecule has 0 saturated carbocycles. The smallest absolute Gasteiger partial charge is 0.327 e. The molecule has 0 saturated heterocycles. The Bertz CT molecular complexity index is 2150. The summed E-state index contributed by atoms with van der Waals surface area (Å²) in [6.07, 6.45) is 46.6. The van der Waals surface area contributed by atoms with E-state index in [0.717, 1.165) is 141 Å². The lowest BCUT2D eigenvalue weighted by molar-refractivity contribution is -0.152. The Hall–Kier alpha value is -3.56. The zero-order chi connectivity index (χ0) is 78.3. The van der Waals surface area contributed by atoms with E-state index in [1.54, 1.807) is 0 Å². The summed E-state index contributed by atoms with van der Waals surface area (Å²) in [6.45, 7) is 15.5. The molecular weight excluding hydrogens is 1390 g/mol. The zero-order valence-electron chi connectivity index (χ0n) is 68.1. The van der Waals surface area contributed by atoms with Gasteiger partial charge in [-0.1, -0.05) is 220 Å². The summed E-state index contributed by atoms with van der Waals surface area (Å²) in [5, 5.41) is 32.6. The van der Waals surface area contributed by atoms with Crippen molar-refractivity contribution in [2.75, 3.05) is 79.3 Å². The molecule has 8 atom stereocenters. The van der Waals surface area contributed by atoms with Crippen molar-refractivity contribution in [2.24, 2.45) is 0 Å². The maximum Gasteiger partial charge on any atom is 0.327 e. The fourth-order valence-electron chi connectivity index (χ4n) is 11.9. The van der Waals surface area contributed by atoms with Crippen molar-refractivity contribution in [2.45, 2.75) is 386 Å². The third-order valence-corrected chi connectivity index (χ3v) is 20.9. The Labute approximate surface area is 644 Å². The van der Waals surface area contributed by atoms with Gasteiger partial charge in [-0.2, -0.15) is 0 Å². The predicted octanol–water partition coefficient (Wildman–Crippen LogP) is 18.4. The van der Waals surface area contributed by atoms with Crippen LogP contribution < -0.4 is 21.3 Å². The monoisotopic (exact) mass is 1550 g/mol. The summed E-state index contributed by atoms with van der Waals surface area (Å²) in [7, 11) is -7.42. The van der Waals surface area contributed by atoms with Gasteiger partial charge in [0.15, 0.2) is 0 Å². The minimum Gasteiger partial charge on any atom is -0.462 e. The number of unbranched alkanes of at least 4 members (excludes halogenated alkanes) is 27. The fraction of sp³-hybridized carbons (Fsp3) is 0.878. The van der Waals surface area contributed by atoms with Crippen LogP contribution in [0, 0.1) is 0 Å². The van der Waals surface area contributed by atoms with Crippen LogP contribution in [0.2, 0.25) is 0 Å². The van der Waals surface area contributed by atoms with E-state index in [1.165, 1.54) is 77.5 Å². The van der Waals surface area contributed by atoms with Crippen LogP contribution in [0.15, 0.2) is 24.3 Å². The Kier molecular flexibility index (Phi) is 70.5. The van der Waals surface area contributed by atoms with E-state index in [4.69, 9.17) is 37.0 Å². The van der Waals surface area contributed by atoms with Gasteiger partial charge in [-0.25, -0.2) is 0 Å². The molecule has 0 bridgehead atoms. The Balaban J connectivity index is 5.42. The van der Waals surface area contributed by atoms with Crippen LogP contribution in [0.5, 0.6) is 0 Å². The number of allylic oxidation sites excluding steroid dienone is 4. The Morgan fingerprint density at radius 3 is 0.991 bits per heavy atom. The average Bonchev–Trinajstić information content (AvgIpc) is 0.949. The Morgan fingerprint density at radius 1 is 0.340 bits per heavy atom. The van der Waals surface area contributed by atoms with Crippen LogP contribution in [-0.2, 0) is 74.9 Å². The van der Waals surface area contributed by atoms with Gasteiger partial charge >= 0.3 is 27.1 Å². The van der Waals surface area contributed by atoms with Crippen LogP contribution in [0.1, 0.15) is 350 Å². The molecule has 106 heavy (non-hydrogen) atoms. The fourth-order valence-corrected chi connectivity index (χ4v) is 13.8. The molecule has 24 heteroatoms. The van der Waals surface area contributed by atoms with Gasteiger partial charge < -0.3 is 68.5 Å². The lowest BCUT2D eigenvalue weighted by Gasteiger charge is -2.23. The van der Waals surface area contributed by atoms with Crippen molar-refractivity contribution in [3.63, 3.8) is 0 Å². The molecule has 0 rings (SSSR count). The minimum atomic E-state index is -3.71. The molecule has 22 nitrogen and oxygen atoms in total. The van der Waals surface area contributed by atoms with Gasteiger partial charge in [0.25, 0.3) is 0 Å². The van der Waals surface area contributed by atoms with Crippen molar-refractivity contribution in [1.82, 2.24) is 21.3 Å². The molecule has 0 spiro atoms. The highest BCUT2D eigenvalue weighted by atomic mass is 31.2. The summed E-state index contributed by atoms with van der Waals surface area (Å²) in [5.41, 5.74) is 0. The first-order valence-electron chi connectivity index (χ1n) is 42.3. The summed E-state index contributed by atoms with van der Waals surface area (Å²) in [4.78, 5) is 79.1. The van der Waals surface area contributed by atoms with E-state index in [-0.39, 0.29) is 140 Å². The number of amides is 4. The van der Waals surface area contributed by atoms with Crippen LogP contribution in [0.4, 0.5) is 0 Å². The first-order chi connectivity index (χ1) is 51.2. The molecular formula is C82H156N4O18P2. The van der Waals surface area contributed by atoms with Gasteiger partial charge in [0.1, 0.15) is 12.2 Å². The number of nitrogens with one attached hydrogen (secondary N) is 4. The van der Waals surface area contributed by atoms with Crippen molar-refractivity contribution in [3.05, 3.63) is 24.3 Å². The standard InChI is InChI=1S/C82H156N4O18P2/c1-9-15-21-27-29-31-33-39-45-55-81(93)103-75(51-43-37-25-19-13-5)65-79(91)85-71(67-97-61-57-73(87)49-41-35-23-17-11-3)69-101-105(7,95)99-63-59-83-77(89)53-47-48-54-78(90)84-60-64-100-106(8,96)102-70-72(68-98-62-58-74(88)50-42-36-24-18-12-4)86-80(92)66-76(52-44-38-26-20-14-6)104-82(94)56-46-40-34-32-30-28-22-16-10-2/h31-34,71-76,87-88H,9-30,35-70H2,1-8H3,(H,83,89)(H,84,90)(H,85,91)(H,86,92)/b33-31-,34-32-/t71?,72?,73?,74?,75-,76-,105?,106?/m1/s1. The highest BCUT2D eigenvalue weighted by molar-refractivity contribution is 7.53. The van der Waals surface area contributed by atoms with Gasteiger partial charge in [0.2, 0.25) is 23.6 Å². The lowest BCUT2D eigenvalue weighted by Crippen LogP contribution is -2.43. The number of rotatable bonds is 79. The molecule has 4 amide bonds. The van der Waals surface area contributed by atoms with Gasteiger partial charge in [0.05, 0.1) is 76.8 Å². The molecule has 0 aliphatic carbocycles. The first-order valence-corrected chi connectivity index (χ1v) is 46.2. The number of esters is 2. The Morgan fingerprint density at radius 2 is 0.651 bits per heavy atom. The summed E-state index contributed by atoms with van der Waals surface area (Å²) in [6, 6.07) is -1.50. The van der Waals surface area contributed by atoms with Crippen molar-refractivity contribution in [1.29, 1.82) is 0 Å². The van der Waals surface area contributed by atoms with E-state index < -0.39 is 51.7 Å². The van der Waals surface area contributed by atoms with Crippen molar-refractivity contribution >= 4 is 50.8 Å². The topological polar surface area (TPSA) is 299 Å². The van der Waals surface area contributed by atoms with Crippen LogP contribution >= 0.6 is 15.2 Å². The second kappa shape index (κ2) is 73.0. The number of hydrogen-bond acceptors (Lipinski definition) is 18.